The maximum absolute atomic E-state index is 4.01. The molecule has 1 N–H and O–H groups in total. The van der Waals surface area contributed by atoms with Gasteiger partial charge in [-0.05, 0) is 14.0 Å². The topological polar surface area (TPSA) is 64.8 Å². The van der Waals surface area contributed by atoms with Crippen molar-refractivity contribution in [1.82, 2.24) is 15.0 Å². The van der Waals surface area contributed by atoms with E-state index in [2.05, 4.69) is 25.6 Å². The van der Waals surface area contributed by atoms with Gasteiger partial charge in [-0.25, -0.2) is 4.98 Å². The van der Waals surface area contributed by atoms with E-state index in [1.807, 2.05) is 0 Å². The molecule has 0 saturated heterocycles. The molecule has 0 atom stereocenters. The maximum Gasteiger partial charge on any atom is 0.150 e. The quantitative estimate of drug-likeness (QED) is 0.833. The van der Waals surface area contributed by atoms with Gasteiger partial charge in [-0.1, -0.05) is 0 Å². The van der Waals surface area contributed by atoms with Crippen LogP contribution in [0, 0.1) is 6.92 Å². The smallest absolute Gasteiger partial charge is 0.150 e. The Morgan fingerprint density at radius 2 is 1.92 bits per heavy atom. The van der Waals surface area contributed by atoms with Gasteiger partial charge < -0.3 is 20.6 Å². The summed E-state index contributed by atoms with van der Waals surface area (Å²) in [5.41, 5.74) is 0. The number of hydrogen-bond donors (Lipinski definition) is 1. The second kappa shape index (κ2) is 5.38. The Morgan fingerprint density at radius 3 is 2.42 bits per heavy atom. The van der Waals surface area contributed by atoms with Crippen molar-refractivity contribution in [3.63, 3.8) is 0 Å². The van der Waals surface area contributed by atoms with E-state index < -0.39 is 0 Å². The summed E-state index contributed by atoms with van der Waals surface area (Å²) in [6.07, 6.45) is 0. The Morgan fingerprint density at radius 1 is 1.25 bits per heavy atom. The van der Waals surface area contributed by atoms with Crippen molar-refractivity contribution < 1.29 is 32.7 Å². The van der Waals surface area contributed by atoms with Crippen molar-refractivity contribution in [2.75, 3.05) is 19.4 Å². The molecule has 1 rings (SSSR count). The van der Waals surface area contributed by atoms with Crippen LogP contribution >= 0.6 is 0 Å². The van der Waals surface area contributed by atoms with Gasteiger partial charge in [0.1, 0.15) is 0 Å². The minimum Gasteiger partial charge on any atom is -0.397 e. The Hall–Kier alpha value is -0.286. The number of nitrogens with zero attached hydrogens (tertiary/aromatic N) is 4. The van der Waals surface area contributed by atoms with E-state index in [4.69, 9.17) is 0 Å². The van der Waals surface area contributed by atoms with Crippen molar-refractivity contribution in [2.24, 2.45) is 0 Å². The van der Waals surface area contributed by atoms with Gasteiger partial charge >= 0.3 is 0 Å². The van der Waals surface area contributed by atoms with Crippen molar-refractivity contribution in [3.8, 4) is 0 Å². The Kier molecular flexibility index (Phi) is 5.25. The molecule has 0 spiro atoms. The molecule has 63 valence electrons. The van der Waals surface area contributed by atoms with E-state index in [1.165, 1.54) is 0 Å². The number of anilines is 1. The van der Waals surface area contributed by atoms with E-state index in [0.29, 0.717) is 17.7 Å². The number of rotatable bonds is 2. The molecule has 0 bridgehead atoms. The Labute approximate surface area is 96.7 Å². The van der Waals surface area contributed by atoms with Crippen LogP contribution in [0.15, 0.2) is 0 Å². The molecule has 0 aliphatic rings. The van der Waals surface area contributed by atoms with E-state index in [1.54, 1.807) is 21.0 Å². The number of aromatic nitrogens is 3. The zero-order valence-corrected chi connectivity index (χ0v) is 10.2. The predicted molar refractivity (Wildman–Crippen MR) is 43.1 cm³/mol. The van der Waals surface area contributed by atoms with Gasteiger partial charge in [0.2, 0.25) is 0 Å². The zero-order valence-electron chi connectivity index (χ0n) is 7.37. The molecule has 1 heterocycles. The Bertz CT molecular complexity index is 229. The van der Waals surface area contributed by atoms with E-state index in [0.717, 1.165) is 0 Å². The molecule has 0 amide bonds. The molecular weight excluding hydrogens is 231 g/mol. The normalized spacial score (nSPS) is 8.58. The molecule has 5 nitrogen and oxygen atoms in total. The molecule has 1 aromatic rings. The van der Waals surface area contributed by atoms with E-state index >= 15 is 0 Å². The summed E-state index contributed by atoms with van der Waals surface area (Å²) in [5.74, 6) is 1.69. The standard InChI is InChI=1S/C6H10N5.Y/c1-4-9-5(7-2)11-6(8-3)10-4;/h1-3H3,(H-,7,8,9,10,11);/q-1;. The first-order chi connectivity index (χ1) is 5.26. The number of nitrogens with one attached hydrogen (secondary N) is 1. The van der Waals surface area contributed by atoms with Gasteiger partial charge in [-0.2, -0.15) is 0 Å². The summed E-state index contributed by atoms with van der Waals surface area (Å²) in [7, 11) is 3.41. The predicted octanol–water partition coefficient (Wildman–Crippen LogP) is 0.854. The zero-order chi connectivity index (χ0) is 8.27. The fraction of sp³-hybridized carbons (Fsp3) is 0.500. The minimum absolute atomic E-state index is 0. The van der Waals surface area contributed by atoms with Crippen LogP contribution in [-0.2, 0) is 32.7 Å². The third kappa shape index (κ3) is 2.99. The number of hydrogen-bond acceptors (Lipinski definition) is 4. The Balaban J connectivity index is 0.00000121. The molecule has 6 heteroatoms. The first-order valence-electron chi connectivity index (χ1n) is 3.26. The van der Waals surface area contributed by atoms with Crippen LogP contribution in [0.2, 0.25) is 0 Å². The molecule has 12 heavy (non-hydrogen) atoms. The molecule has 0 aliphatic heterocycles. The summed E-state index contributed by atoms with van der Waals surface area (Å²) in [6.45, 7) is 1.80. The fourth-order valence-electron chi connectivity index (χ4n) is 0.680. The second-order valence-electron chi connectivity index (χ2n) is 1.98. The number of aryl methyl sites for hydroxylation is 1. The van der Waals surface area contributed by atoms with Gasteiger partial charge in [0, 0.05) is 45.7 Å². The summed E-state index contributed by atoms with van der Waals surface area (Å²) >= 11 is 0. The van der Waals surface area contributed by atoms with Crippen LogP contribution in [0.1, 0.15) is 5.82 Å². The minimum atomic E-state index is 0. The van der Waals surface area contributed by atoms with Crippen molar-refractivity contribution >= 4 is 11.9 Å². The van der Waals surface area contributed by atoms with Crippen molar-refractivity contribution in [1.29, 1.82) is 0 Å². The monoisotopic (exact) mass is 241 g/mol. The average molecular weight is 241 g/mol. The fourth-order valence-corrected chi connectivity index (χ4v) is 0.680. The molecule has 0 aromatic carbocycles. The van der Waals surface area contributed by atoms with Gasteiger partial charge in [0.15, 0.2) is 5.95 Å². The van der Waals surface area contributed by atoms with Crippen LogP contribution in [0.3, 0.4) is 0 Å². The van der Waals surface area contributed by atoms with E-state index in [-0.39, 0.29) is 32.7 Å². The maximum atomic E-state index is 4.01. The van der Waals surface area contributed by atoms with Crippen LogP contribution in [0.4, 0.5) is 11.9 Å². The van der Waals surface area contributed by atoms with Crippen LogP contribution in [0.25, 0.3) is 5.32 Å². The van der Waals surface area contributed by atoms with Gasteiger partial charge in [-0.15, -0.1) is 0 Å². The third-order valence-corrected chi connectivity index (χ3v) is 1.16. The summed E-state index contributed by atoms with van der Waals surface area (Å²) in [6, 6.07) is 0. The van der Waals surface area contributed by atoms with Gasteiger partial charge in [-0.3, -0.25) is 0 Å². The molecule has 0 aliphatic carbocycles. The van der Waals surface area contributed by atoms with Crippen molar-refractivity contribution in [3.05, 3.63) is 11.1 Å². The molecule has 0 unspecified atom stereocenters. The molecule has 0 saturated carbocycles. The van der Waals surface area contributed by atoms with Gasteiger partial charge in [0.25, 0.3) is 0 Å². The van der Waals surface area contributed by atoms with Crippen molar-refractivity contribution in [2.45, 2.75) is 6.92 Å². The third-order valence-electron chi connectivity index (χ3n) is 1.16. The van der Waals surface area contributed by atoms with Crippen LogP contribution in [0.5, 0.6) is 0 Å². The second-order valence-corrected chi connectivity index (χ2v) is 1.98. The molecule has 0 fully saturated rings. The summed E-state index contributed by atoms with van der Waals surface area (Å²) < 4.78 is 0. The molecular formula is C6H10N5Y-. The molecule has 1 radical (unpaired) electrons. The van der Waals surface area contributed by atoms with E-state index in [9.17, 15) is 0 Å². The first-order valence-corrected chi connectivity index (χ1v) is 3.26. The van der Waals surface area contributed by atoms with Gasteiger partial charge in [0.05, 0.1) is 5.82 Å². The SMILES string of the molecule is C[N-]c1nc(C)nc(NC)n1.[Y]. The van der Waals surface area contributed by atoms with Crippen LogP contribution < -0.4 is 5.32 Å². The van der Waals surface area contributed by atoms with Crippen LogP contribution in [-0.4, -0.2) is 29.0 Å². The molecule has 1 aromatic heterocycles. The first kappa shape index (κ1) is 11.7. The summed E-state index contributed by atoms with van der Waals surface area (Å²) in [4.78, 5) is 11.9. The largest absolute Gasteiger partial charge is 0.397 e. The average Bonchev–Trinajstić information content (AvgIpc) is 2.03. The summed E-state index contributed by atoms with van der Waals surface area (Å²) in [5, 5.41) is 6.66.